The highest BCUT2D eigenvalue weighted by atomic mass is 32.1. The largest absolute Gasteiger partial charge is 0.326 e. The number of rotatable bonds is 8. The van der Waals surface area contributed by atoms with Crippen LogP contribution in [0, 0.1) is 12.8 Å². The Morgan fingerprint density at radius 1 is 1.26 bits per heavy atom. The number of nitrogens with one attached hydrogen (secondary N) is 2. The molecule has 0 saturated carbocycles. The van der Waals surface area contributed by atoms with Crippen LogP contribution in [-0.4, -0.2) is 42.5 Å². The SMILES string of the molecule is CNCCC1CCN(Cc2csc(CC(=O)Nc3ccc(C)cc3)n2)CC1. The standard InChI is InChI=1S/C21H30N4OS/c1-16-3-5-18(6-4-16)23-20(26)13-21-24-19(15-27-21)14-25-11-8-17(9-12-25)7-10-22-2/h3-6,15,17,22H,7-14H2,1-2H3,(H,23,26). The summed E-state index contributed by atoms with van der Waals surface area (Å²) in [6.45, 7) is 6.34. The van der Waals surface area contributed by atoms with Crippen LogP contribution < -0.4 is 10.6 Å². The minimum Gasteiger partial charge on any atom is -0.326 e. The number of likely N-dealkylation sites (tertiary alicyclic amines) is 1. The number of carbonyl (C=O) groups excluding carboxylic acids is 1. The molecule has 0 bridgehead atoms. The van der Waals surface area contributed by atoms with E-state index in [9.17, 15) is 4.79 Å². The summed E-state index contributed by atoms with van der Waals surface area (Å²) in [7, 11) is 2.02. The summed E-state index contributed by atoms with van der Waals surface area (Å²) in [5.74, 6) is 0.843. The van der Waals surface area contributed by atoms with Crippen molar-refractivity contribution in [1.29, 1.82) is 0 Å². The van der Waals surface area contributed by atoms with Crippen LogP contribution in [0.1, 0.15) is 35.5 Å². The molecule has 1 saturated heterocycles. The quantitative estimate of drug-likeness (QED) is 0.730. The fraction of sp³-hybridized carbons (Fsp3) is 0.524. The van der Waals surface area contributed by atoms with Crippen LogP contribution in [0.4, 0.5) is 5.69 Å². The smallest absolute Gasteiger partial charge is 0.231 e. The third kappa shape index (κ3) is 6.41. The van der Waals surface area contributed by atoms with Crippen LogP contribution in [0.3, 0.4) is 0 Å². The highest BCUT2D eigenvalue weighted by molar-refractivity contribution is 7.09. The van der Waals surface area contributed by atoms with Gasteiger partial charge in [-0.25, -0.2) is 4.98 Å². The molecule has 1 aromatic heterocycles. The Morgan fingerprint density at radius 2 is 2.00 bits per heavy atom. The molecule has 2 aromatic rings. The van der Waals surface area contributed by atoms with E-state index in [1.54, 1.807) is 11.3 Å². The van der Waals surface area contributed by atoms with Gasteiger partial charge in [-0.1, -0.05) is 17.7 Å². The van der Waals surface area contributed by atoms with Gasteiger partial charge in [0.15, 0.2) is 0 Å². The molecule has 1 aliphatic heterocycles. The van der Waals surface area contributed by atoms with Gasteiger partial charge in [-0.3, -0.25) is 9.69 Å². The second-order valence-electron chi connectivity index (χ2n) is 7.44. The van der Waals surface area contributed by atoms with Crippen molar-refractivity contribution < 1.29 is 4.79 Å². The molecule has 146 valence electrons. The summed E-state index contributed by atoms with van der Waals surface area (Å²) in [5.41, 5.74) is 3.11. The topological polar surface area (TPSA) is 57.3 Å². The van der Waals surface area contributed by atoms with Gasteiger partial charge in [0.05, 0.1) is 12.1 Å². The van der Waals surface area contributed by atoms with Crippen LogP contribution in [-0.2, 0) is 17.8 Å². The summed E-state index contributed by atoms with van der Waals surface area (Å²) in [5, 5.41) is 9.18. The Morgan fingerprint density at radius 3 is 2.70 bits per heavy atom. The Kier molecular flexibility index (Phi) is 7.38. The van der Waals surface area contributed by atoms with E-state index in [4.69, 9.17) is 0 Å². The fourth-order valence-corrected chi connectivity index (χ4v) is 4.28. The molecule has 2 N–H and O–H groups in total. The van der Waals surface area contributed by atoms with Crippen LogP contribution >= 0.6 is 11.3 Å². The lowest BCUT2D eigenvalue weighted by atomic mass is 9.93. The predicted molar refractivity (Wildman–Crippen MR) is 112 cm³/mol. The van der Waals surface area contributed by atoms with E-state index >= 15 is 0 Å². The van der Waals surface area contributed by atoms with Crippen molar-refractivity contribution in [1.82, 2.24) is 15.2 Å². The van der Waals surface area contributed by atoms with E-state index in [0.717, 1.165) is 48.5 Å². The molecule has 5 nitrogen and oxygen atoms in total. The summed E-state index contributed by atoms with van der Waals surface area (Å²) >= 11 is 1.58. The van der Waals surface area contributed by atoms with E-state index in [2.05, 4.69) is 25.9 Å². The minimum absolute atomic E-state index is 0.00917. The number of benzene rings is 1. The molecule has 1 aromatic carbocycles. The number of hydrogen-bond acceptors (Lipinski definition) is 5. The van der Waals surface area contributed by atoms with E-state index in [1.165, 1.54) is 24.8 Å². The molecule has 0 spiro atoms. The van der Waals surface area contributed by atoms with Crippen molar-refractivity contribution in [3.8, 4) is 0 Å². The van der Waals surface area contributed by atoms with E-state index in [0.29, 0.717) is 6.42 Å². The van der Waals surface area contributed by atoms with Gasteiger partial charge in [-0.15, -0.1) is 11.3 Å². The Balaban J connectivity index is 1.43. The summed E-state index contributed by atoms with van der Waals surface area (Å²) in [6, 6.07) is 7.86. The van der Waals surface area contributed by atoms with Crippen molar-refractivity contribution >= 4 is 22.9 Å². The monoisotopic (exact) mass is 386 g/mol. The molecule has 2 heterocycles. The van der Waals surface area contributed by atoms with Crippen molar-refractivity contribution in [3.63, 3.8) is 0 Å². The maximum absolute atomic E-state index is 12.2. The van der Waals surface area contributed by atoms with Crippen LogP contribution in [0.2, 0.25) is 0 Å². The summed E-state index contributed by atoms with van der Waals surface area (Å²) < 4.78 is 0. The molecule has 1 aliphatic rings. The number of hydrogen-bond donors (Lipinski definition) is 2. The van der Waals surface area contributed by atoms with E-state index in [-0.39, 0.29) is 5.91 Å². The van der Waals surface area contributed by atoms with E-state index in [1.807, 2.05) is 38.2 Å². The van der Waals surface area contributed by atoms with Crippen LogP contribution in [0.5, 0.6) is 0 Å². The normalized spacial score (nSPS) is 15.8. The number of aryl methyl sites for hydroxylation is 1. The Hall–Kier alpha value is -1.76. The van der Waals surface area contributed by atoms with Gasteiger partial charge in [0.1, 0.15) is 5.01 Å². The number of anilines is 1. The number of carbonyl (C=O) groups is 1. The summed E-state index contributed by atoms with van der Waals surface area (Å²) in [6.07, 6.45) is 4.17. The highest BCUT2D eigenvalue weighted by Gasteiger charge is 2.19. The number of amides is 1. The number of thiazole rings is 1. The third-order valence-electron chi connectivity index (χ3n) is 5.14. The average molecular weight is 387 g/mol. The minimum atomic E-state index is -0.00917. The first-order chi connectivity index (χ1) is 13.1. The van der Waals surface area contributed by atoms with Gasteiger partial charge in [0, 0.05) is 17.6 Å². The van der Waals surface area contributed by atoms with Gasteiger partial charge < -0.3 is 10.6 Å². The van der Waals surface area contributed by atoms with Crippen molar-refractivity contribution in [2.75, 3.05) is 32.0 Å². The van der Waals surface area contributed by atoms with Gasteiger partial charge in [-0.05, 0) is 70.9 Å². The fourth-order valence-electron chi connectivity index (χ4n) is 3.49. The first-order valence-corrected chi connectivity index (χ1v) is 10.7. The molecule has 0 unspecified atom stereocenters. The highest BCUT2D eigenvalue weighted by Crippen LogP contribution is 2.22. The van der Waals surface area contributed by atoms with Crippen LogP contribution in [0.15, 0.2) is 29.6 Å². The molecular weight excluding hydrogens is 356 g/mol. The van der Waals surface area contributed by atoms with Crippen molar-refractivity contribution in [2.45, 2.75) is 39.2 Å². The molecule has 6 heteroatoms. The predicted octanol–water partition coefficient (Wildman–Crippen LogP) is 3.45. The lowest BCUT2D eigenvalue weighted by Crippen LogP contribution is -2.34. The summed E-state index contributed by atoms with van der Waals surface area (Å²) in [4.78, 5) is 19.4. The Labute approximate surface area is 166 Å². The molecular formula is C21H30N4OS. The van der Waals surface area contributed by atoms with Gasteiger partial charge in [-0.2, -0.15) is 0 Å². The number of aromatic nitrogens is 1. The zero-order valence-corrected chi connectivity index (χ0v) is 17.1. The van der Waals surface area contributed by atoms with Crippen molar-refractivity contribution in [3.05, 3.63) is 45.9 Å². The molecule has 27 heavy (non-hydrogen) atoms. The maximum atomic E-state index is 12.2. The molecule has 0 radical (unpaired) electrons. The molecule has 0 atom stereocenters. The molecule has 0 aliphatic carbocycles. The van der Waals surface area contributed by atoms with Crippen molar-refractivity contribution in [2.24, 2.45) is 5.92 Å². The number of piperidine rings is 1. The lowest BCUT2D eigenvalue weighted by molar-refractivity contribution is -0.115. The second-order valence-corrected chi connectivity index (χ2v) is 8.38. The Bertz CT molecular complexity index is 720. The van der Waals surface area contributed by atoms with Crippen LogP contribution in [0.25, 0.3) is 0 Å². The molecule has 1 amide bonds. The zero-order valence-electron chi connectivity index (χ0n) is 16.3. The van der Waals surface area contributed by atoms with Gasteiger partial charge in [0.2, 0.25) is 5.91 Å². The maximum Gasteiger partial charge on any atom is 0.231 e. The first-order valence-electron chi connectivity index (χ1n) is 9.79. The lowest BCUT2D eigenvalue weighted by Gasteiger charge is -2.31. The molecule has 3 rings (SSSR count). The van der Waals surface area contributed by atoms with E-state index < -0.39 is 0 Å². The second kappa shape index (κ2) is 9.97. The zero-order chi connectivity index (χ0) is 19.1. The molecule has 1 fully saturated rings. The number of nitrogens with zero attached hydrogens (tertiary/aromatic N) is 2. The average Bonchev–Trinajstić information content (AvgIpc) is 3.09. The van der Waals surface area contributed by atoms with Gasteiger partial charge in [0.25, 0.3) is 0 Å². The van der Waals surface area contributed by atoms with Gasteiger partial charge >= 0.3 is 0 Å². The third-order valence-corrected chi connectivity index (χ3v) is 6.04. The first kappa shape index (κ1) is 20.0.